The number of hydrogen-bond acceptors (Lipinski definition) is 0. The van der Waals surface area contributed by atoms with Gasteiger partial charge in [0, 0.05) is 7.59 Å². The van der Waals surface area contributed by atoms with Gasteiger partial charge in [-0.1, -0.05) is 101 Å². The van der Waals surface area contributed by atoms with Crippen LogP contribution in [0.1, 0.15) is 0 Å². The fourth-order valence-corrected chi connectivity index (χ4v) is 20.6. The van der Waals surface area contributed by atoms with Crippen molar-refractivity contribution in [3.63, 3.8) is 0 Å². The van der Waals surface area contributed by atoms with E-state index in [0.29, 0.717) is 0 Å². The van der Waals surface area contributed by atoms with Gasteiger partial charge in [-0.15, -0.1) is 0 Å². The number of hydrogen-bond donors (Lipinski definition) is 0. The summed E-state index contributed by atoms with van der Waals surface area (Å²) in [5, 5.41) is 3.13. The molecular formula is C17H25PSi2. The molecule has 0 unspecified atom stereocenters. The Morgan fingerprint density at radius 2 is 0.950 bits per heavy atom. The largest absolute Gasteiger partial charge is 0.0787 e. The van der Waals surface area contributed by atoms with Crippen LogP contribution in [0.15, 0.2) is 60.7 Å². The van der Waals surface area contributed by atoms with Gasteiger partial charge in [-0.3, -0.25) is 0 Å². The minimum Gasteiger partial charge on any atom is -0.0711 e. The highest BCUT2D eigenvalue weighted by Gasteiger charge is 2.44. The molecule has 2 aromatic rings. The highest BCUT2D eigenvalue weighted by molar-refractivity contribution is 8.13. The molecule has 0 saturated heterocycles. The van der Waals surface area contributed by atoms with Crippen LogP contribution in [-0.2, 0) is 0 Å². The number of benzene rings is 2. The van der Waals surface area contributed by atoms with Crippen LogP contribution in [0.2, 0.25) is 32.7 Å². The molecule has 0 radical (unpaired) electrons. The topological polar surface area (TPSA) is 0 Å². The first-order valence-corrected chi connectivity index (χ1v) is 16.9. The molecule has 20 heavy (non-hydrogen) atoms. The van der Waals surface area contributed by atoms with Crippen LogP contribution in [0, 0.1) is 0 Å². The normalized spacial score (nSPS) is 12.7. The van der Waals surface area contributed by atoms with E-state index >= 15 is 0 Å². The quantitative estimate of drug-likeness (QED) is 0.564. The summed E-state index contributed by atoms with van der Waals surface area (Å²) >= 11 is 0. The van der Waals surface area contributed by atoms with Gasteiger partial charge in [0.1, 0.15) is 0 Å². The van der Waals surface area contributed by atoms with E-state index in [1.165, 1.54) is 0 Å². The first kappa shape index (κ1) is 15.7. The van der Waals surface area contributed by atoms with Gasteiger partial charge in [0.15, 0.2) is 0 Å². The lowest BCUT2D eigenvalue weighted by Gasteiger charge is -2.43. The van der Waals surface area contributed by atoms with Crippen LogP contribution in [0.3, 0.4) is 0 Å². The maximum atomic E-state index is 2.62. The molecule has 0 aliphatic rings. The Morgan fingerprint density at radius 1 is 0.600 bits per heavy atom. The summed E-state index contributed by atoms with van der Waals surface area (Å²) in [5.41, 5.74) is 0. The van der Waals surface area contributed by atoms with Crippen LogP contribution in [0.25, 0.3) is 0 Å². The Hall–Kier alpha value is -0.696. The van der Waals surface area contributed by atoms with Crippen molar-refractivity contribution in [2.45, 2.75) is 32.7 Å². The molecule has 0 atom stereocenters. The first-order chi connectivity index (χ1) is 9.34. The summed E-state index contributed by atoms with van der Waals surface area (Å²) in [5.74, 6) is 0. The third-order valence-electron chi connectivity index (χ3n) is 4.42. The second kappa shape index (κ2) is 5.97. The van der Waals surface area contributed by atoms with E-state index in [2.05, 4.69) is 93.4 Å². The predicted molar refractivity (Wildman–Crippen MR) is 99.9 cm³/mol. The van der Waals surface area contributed by atoms with Crippen LogP contribution < -0.4 is 10.6 Å². The Morgan fingerprint density at radius 3 is 1.25 bits per heavy atom. The zero-order chi connectivity index (χ0) is 14.8. The maximum absolute atomic E-state index is 2.62. The Labute approximate surface area is 126 Å². The summed E-state index contributed by atoms with van der Waals surface area (Å²) in [6.45, 7) is 12.9. The summed E-state index contributed by atoms with van der Waals surface area (Å²) in [6.07, 6.45) is 0. The van der Waals surface area contributed by atoms with Crippen LogP contribution in [0.5, 0.6) is 0 Å². The second-order valence-corrected chi connectivity index (χ2v) is 30.3. The van der Waals surface area contributed by atoms with Crippen LogP contribution >= 0.6 is 7.47 Å². The van der Waals surface area contributed by atoms with Crippen molar-refractivity contribution in [2.24, 2.45) is 0 Å². The van der Waals surface area contributed by atoms with E-state index in [9.17, 15) is 0 Å². The molecule has 0 fully saturated rings. The highest BCUT2D eigenvalue weighted by Crippen LogP contribution is 2.48. The molecule has 2 rings (SSSR count). The van der Waals surface area contributed by atoms with Crippen LogP contribution in [0.4, 0.5) is 0 Å². The summed E-state index contributed by atoms with van der Waals surface area (Å²) in [7, 11) is -2.64. The van der Waals surface area contributed by atoms with Gasteiger partial charge >= 0.3 is 0 Å². The molecular weight excluding hydrogens is 291 g/mol. The molecule has 0 N–H and O–H groups in total. The van der Waals surface area contributed by atoms with Crippen molar-refractivity contribution < 1.29 is 0 Å². The summed E-state index contributed by atoms with van der Waals surface area (Å²) < 4.78 is 0. The van der Waals surface area contributed by atoms with Crippen molar-refractivity contribution in [1.29, 1.82) is 0 Å². The molecule has 0 heterocycles. The van der Waals surface area contributed by atoms with Gasteiger partial charge in [0.05, 0.1) is 7.26 Å². The van der Waals surface area contributed by atoms with Crippen molar-refractivity contribution in [2.75, 3.05) is 0 Å². The maximum Gasteiger partial charge on any atom is 0.0787 e. The molecule has 3 heteroatoms. The van der Waals surface area contributed by atoms with Gasteiger partial charge in [-0.2, -0.15) is 0 Å². The lowest BCUT2D eigenvalue weighted by molar-refractivity contribution is 1.74. The molecule has 0 amide bonds. The van der Waals surface area contributed by atoms with E-state index < -0.39 is 14.9 Å². The molecule has 0 aromatic heterocycles. The molecule has 0 bridgehead atoms. The van der Waals surface area contributed by atoms with E-state index in [1.54, 1.807) is 10.6 Å². The van der Waals surface area contributed by atoms with Crippen molar-refractivity contribution in [3.8, 4) is 0 Å². The molecule has 0 spiro atoms. The second-order valence-electron chi connectivity index (χ2n) is 6.82. The molecule has 0 nitrogen and oxygen atoms in total. The fourth-order valence-electron chi connectivity index (χ4n) is 2.28. The average Bonchev–Trinajstić information content (AvgIpc) is 2.40. The lowest BCUT2D eigenvalue weighted by Crippen LogP contribution is -2.54. The van der Waals surface area contributed by atoms with E-state index in [1.807, 2.05) is 0 Å². The van der Waals surface area contributed by atoms with Gasteiger partial charge in [-0.05, 0) is 10.6 Å². The monoisotopic (exact) mass is 316 g/mol. The number of rotatable bonds is 4. The van der Waals surface area contributed by atoms with Crippen LogP contribution in [-0.4, -0.2) is 14.9 Å². The van der Waals surface area contributed by atoms with E-state index in [0.717, 1.165) is 0 Å². The van der Waals surface area contributed by atoms with Gasteiger partial charge < -0.3 is 0 Å². The Bertz CT molecular complexity index is 505. The molecule has 2 aromatic carbocycles. The smallest absolute Gasteiger partial charge is 0.0711 e. The standard InChI is InChI=1S/C17H25PSi2/c1-19(2,3)20(4,5)18(16-12-8-6-9-13-16)17-14-10-7-11-15-17/h6-15H,1-5H3. The zero-order valence-electron chi connectivity index (χ0n) is 13.2. The van der Waals surface area contributed by atoms with Gasteiger partial charge in [0.25, 0.3) is 0 Å². The molecule has 0 aliphatic carbocycles. The fraction of sp³-hybridized carbons (Fsp3) is 0.294. The molecule has 0 aliphatic heterocycles. The lowest BCUT2D eigenvalue weighted by atomic mass is 10.4. The minimum atomic E-state index is -1.31. The average molecular weight is 317 g/mol. The minimum absolute atomic E-state index is 0.182. The SMILES string of the molecule is C[Si](C)(C)[Si](C)(C)P(c1ccccc1)c1ccccc1. The van der Waals surface area contributed by atoms with Crippen molar-refractivity contribution in [3.05, 3.63) is 60.7 Å². The van der Waals surface area contributed by atoms with Crippen molar-refractivity contribution in [1.82, 2.24) is 0 Å². The Kier molecular flexibility index (Phi) is 4.68. The predicted octanol–water partition coefficient (Wildman–Crippen LogP) is 4.74. The van der Waals surface area contributed by atoms with Gasteiger partial charge in [0.2, 0.25) is 0 Å². The zero-order valence-corrected chi connectivity index (χ0v) is 16.1. The van der Waals surface area contributed by atoms with E-state index in [4.69, 9.17) is 0 Å². The summed E-state index contributed by atoms with van der Waals surface area (Å²) in [4.78, 5) is 0. The van der Waals surface area contributed by atoms with E-state index in [-0.39, 0.29) is 7.47 Å². The molecule has 0 saturated carbocycles. The van der Waals surface area contributed by atoms with Crippen molar-refractivity contribution >= 4 is 32.9 Å². The summed E-state index contributed by atoms with van der Waals surface area (Å²) in [6, 6.07) is 22.4. The van der Waals surface area contributed by atoms with Gasteiger partial charge in [-0.25, -0.2) is 0 Å². The highest BCUT2D eigenvalue weighted by atomic mass is 31.4. The Balaban J connectivity index is 2.57. The molecule has 106 valence electrons. The third-order valence-corrected chi connectivity index (χ3v) is 34.8. The third kappa shape index (κ3) is 3.13. The first-order valence-electron chi connectivity index (χ1n) is 7.24.